The van der Waals surface area contributed by atoms with E-state index in [4.69, 9.17) is 11.6 Å². The Morgan fingerprint density at radius 3 is 2.89 bits per heavy atom. The number of aliphatic hydroxyl groups is 1. The van der Waals surface area contributed by atoms with Gasteiger partial charge in [-0.05, 0) is 43.2 Å². The normalized spacial score (nSPS) is 22.4. The zero-order valence-electron chi connectivity index (χ0n) is 10.1. The summed E-state index contributed by atoms with van der Waals surface area (Å²) < 4.78 is 0. The molecule has 0 radical (unpaired) electrons. The number of hydrogen-bond acceptors (Lipinski definition) is 3. The summed E-state index contributed by atoms with van der Waals surface area (Å²) in [5.41, 5.74) is 0.517. The van der Waals surface area contributed by atoms with Crippen LogP contribution < -0.4 is 5.32 Å². The van der Waals surface area contributed by atoms with Gasteiger partial charge >= 0.3 is 0 Å². The summed E-state index contributed by atoms with van der Waals surface area (Å²) in [5.74, 6) is 0.253. The lowest BCUT2D eigenvalue weighted by Gasteiger charge is -2.31. The van der Waals surface area contributed by atoms with E-state index in [9.17, 15) is 9.90 Å². The maximum absolute atomic E-state index is 12.0. The van der Waals surface area contributed by atoms with Gasteiger partial charge in [0, 0.05) is 11.4 Å². The van der Waals surface area contributed by atoms with Crippen molar-refractivity contribution < 1.29 is 9.90 Å². The van der Waals surface area contributed by atoms with Crippen LogP contribution in [0.1, 0.15) is 23.2 Å². The molecule has 1 aromatic rings. The molecule has 0 atom stereocenters. The molecular weight excluding hydrogens is 270 g/mol. The maximum atomic E-state index is 12.0. The minimum atomic E-state index is -0.185. The molecule has 18 heavy (non-hydrogen) atoms. The first-order chi connectivity index (χ1) is 8.60. The molecule has 5 heteroatoms. The third-order valence-corrected chi connectivity index (χ3v) is 4.24. The molecule has 1 aliphatic rings. The molecule has 1 fully saturated rings. The van der Waals surface area contributed by atoms with Crippen LogP contribution in [0.4, 0.5) is 0 Å². The van der Waals surface area contributed by atoms with E-state index < -0.39 is 0 Å². The standard InChI is InChI=1S/C13H16ClNO2S/c1-18-10-2-3-12(14)11(6-10)13(17)15-7-8-4-9(16)5-8/h2-3,6,8-9,16H,4-5,7H2,1H3,(H,15,17). The number of aliphatic hydroxyl groups excluding tert-OH is 1. The van der Waals surface area contributed by atoms with Crippen molar-refractivity contribution >= 4 is 29.3 Å². The molecule has 0 spiro atoms. The van der Waals surface area contributed by atoms with Crippen LogP contribution in [-0.2, 0) is 0 Å². The summed E-state index contributed by atoms with van der Waals surface area (Å²) >= 11 is 7.60. The van der Waals surface area contributed by atoms with E-state index in [1.54, 1.807) is 23.9 Å². The minimum absolute atomic E-state index is 0.141. The van der Waals surface area contributed by atoms with Crippen LogP contribution in [0.15, 0.2) is 23.1 Å². The Kier molecular flexibility index (Phi) is 4.54. The summed E-state index contributed by atoms with van der Waals surface area (Å²) in [6, 6.07) is 5.44. The molecule has 2 N–H and O–H groups in total. The van der Waals surface area contributed by atoms with Crippen molar-refractivity contribution in [2.45, 2.75) is 23.8 Å². The van der Waals surface area contributed by atoms with Crippen molar-refractivity contribution in [1.29, 1.82) is 0 Å². The number of halogens is 1. The van der Waals surface area contributed by atoms with Crippen LogP contribution in [0.25, 0.3) is 0 Å². The van der Waals surface area contributed by atoms with Crippen molar-refractivity contribution in [2.24, 2.45) is 5.92 Å². The Hall–Kier alpha value is -0.710. The molecule has 0 aliphatic heterocycles. The number of carbonyl (C=O) groups is 1. The summed E-state index contributed by atoms with van der Waals surface area (Å²) in [6.07, 6.45) is 3.33. The highest BCUT2D eigenvalue weighted by molar-refractivity contribution is 7.98. The number of hydrogen-bond donors (Lipinski definition) is 2. The van der Waals surface area contributed by atoms with Gasteiger partial charge in [-0.1, -0.05) is 11.6 Å². The summed E-state index contributed by atoms with van der Waals surface area (Å²) in [6.45, 7) is 0.607. The van der Waals surface area contributed by atoms with Crippen LogP contribution in [0.5, 0.6) is 0 Å². The maximum Gasteiger partial charge on any atom is 0.252 e. The molecule has 0 bridgehead atoms. The predicted octanol–water partition coefficient (Wildman–Crippen LogP) is 2.56. The highest BCUT2D eigenvalue weighted by atomic mass is 35.5. The van der Waals surface area contributed by atoms with E-state index in [-0.39, 0.29) is 12.0 Å². The molecule has 2 rings (SSSR count). The molecule has 0 saturated heterocycles. The van der Waals surface area contributed by atoms with E-state index in [1.807, 2.05) is 12.3 Å². The average Bonchev–Trinajstić information content (AvgIpc) is 2.33. The minimum Gasteiger partial charge on any atom is -0.393 e. The van der Waals surface area contributed by atoms with Crippen LogP contribution in [-0.4, -0.2) is 29.9 Å². The molecule has 1 aliphatic carbocycles. The Balaban J connectivity index is 1.95. The lowest BCUT2D eigenvalue weighted by Crippen LogP contribution is -2.38. The van der Waals surface area contributed by atoms with Crippen LogP contribution >= 0.6 is 23.4 Å². The van der Waals surface area contributed by atoms with Gasteiger partial charge in [0.1, 0.15) is 0 Å². The third-order valence-electron chi connectivity index (χ3n) is 3.18. The highest BCUT2D eigenvalue weighted by Crippen LogP contribution is 2.27. The molecule has 3 nitrogen and oxygen atoms in total. The Morgan fingerprint density at radius 1 is 1.56 bits per heavy atom. The van der Waals surface area contributed by atoms with Gasteiger partial charge in [-0.2, -0.15) is 0 Å². The Bertz CT molecular complexity index is 447. The summed E-state index contributed by atoms with van der Waals surface area (Å²) in [7, 11) is 0. The SMILES string of the molecule is CSc1ccc(Cl)c(C(=O)NCC2CC(O)C2)c1. The first-order valence-corrected chi connectivity index (χ1v) is 7.50. The van der Waals surface area contributed by atoms with Gasteiger partial charge in [0.2, 0.25) is 0 Å². The van der Waals surface area contributed by atoms with Gasteiger partial charge in [-0.25, -0.2) is 0 Å². The van der Waals surface area contributed by atoms with Gasteiger partial charge in [0.25, 0.3) is 5.91 Å². The smallest absolute Gasteiger partial charge is 0.252 e. The molecule has 0 unspecified atom stereocenters. The fourth-order valence-electron chi connectivity index (χ4n) is 2.00. The van der Waals surface area contributed by atoms with Gasteiger partial charge in [-0.3, -0.25) is 4.79 Å². The molecule has 1 amide bonds. The number of rotatable bonds is 4. The van der Waals surface area contributed by atoms with E-state index >= 15 is 0 Å². The lowest BCUT2D eigenvalue weighted by molar-refractivity contribution is 0.0420. The summed E-state index contributed by atoms with van der Waals surface area (Å²) in [5, 5.41) is 12.5. The highest BCUT2D eigenvalue weighted by Gasteiger charge is 2.27. The van der Waals surface area contributed by atoms with Crippen molar-refractivity contribution in [3.8, 4) is 0 Å². The number of carbonyl (C=O) groups excluding carboxylic acids is 1. The molecule has 1 aromatic carbocycles. The average molecular weight is 286 g/mol. The van der Waals surface area contributed by atoms with E-state index in [1.165, 1.54) is 0 Å². The van der Waals surface area contributed by atoms with Crippen molar-refractivity contribution in [2.75, 3.05) is 12.8 Å². The topological polar surface area (TPSA) is 49.3 Å². The van der Waals surface area contributed by atoms with E-state index in [0.717, 1.165) is 17.7 Å². The van der Waals surface area contributed by atoms with E-state index in [2.05, 4.69) is 5.32 Å². The van der Waals surface area contributed by atoms with Crippen LogP contribution in [0.2, 0.25) is 5.02 Å². The largest absolute Gasteiger partial charge is 0.393 e. The Labute approximate surface area is 116 Å². The second kappa shape index (κ2) is 5.95. The first kappa shape index (κ1) is 13.7. The molecule has 0 heterocycles. The number of benzene rings is 1. The van der Waals surface area contributed by atoms with Crippen molar-refractivity contribution in [1.82, 2.24) is 5.32 Å². The number of nitrogens with one attached hydrogen (secondary N) is 1. The van der Waals surface area contributed by atoms with Gasteiger partial charge in [-0.15, -0.1) is 11.8 Å². The van der Waals surface area contributed by atoms with Crippen LogP contribution in [0.3, 0.4) is 0 Å². The van der Waals surface area contributed by atoms with Gasteiger partial charge in [0.05, 0.1) is 16.7 Å². The quantitative estimate of drug-likeness (QED) is 0.836. The lowest BCUT2D eigenvalue weighted by atomic mass is 9.82. The predicted molar refractivity (Wildman–Crippen MR) is 74.3 cm³/mol. The molecule has 0 aromatic heterocycles. The molecule has 1 saturated carbocycles. The van der Waals surface area contributed by atoms with Crippen molar-refractivity contribution in [3.05, 3.63) is 28.8 Å². The number of thioether (sulfide) groups is 1. The fraction of sp³-hybridized carbons (Fsp3) is 0.462. The van der Waals surface area contributed by atoms with E-state index in [0.29, 0.717) is 23.0 Å². The van der Waals surface area contributed by atoms with Gasteiger partial charge < -0.3 is 10.4 Å². The second-order valence-corrected chi connectivity index (χ2v) is 5.83. The zero-order chi connectivity index (χ0) is 13.1. The molecular formula is C13H16ClNO2S. The Morgan fingerprint density at radius 2 is 2.28 bits per heavy atom. The third kappa shape index (κ3) is 3.19. The second-order valence-electron chi connectivity index (χ2n) is 4.55. The number of amides is 1. The first-order valence-electron chi connectivity index (χ1n) is 5.90. The summed E-state index contributed by atoms with van der Waals surface area (Å²) in [4.78, 5) is 13.0. The van der Waals surface area contributed by atoms with Crippen molar-refractivity contribution in [3.63, 3.8) is 0 Å². The van der Waals surface area contributed by atoms with Crippen LogP contribution in [0, 0.1) is 5.92 Å². The zero-order valence-corrected chi connectivity index (χ0v) is 11.7. The molecule has 98 valence electrons. The fourth-order valence-corrected chi connectivity index (χ4v) is 2.65. The van der Waals surface area contributed by atoms with Gasteiger partial charge in [0.15, 0.2) is 0 Å². The monoisotopic (exact) mass is 285 g/mol.